The Morgan fingerprint density at radius 2 is 1.19 bits per heavy atom. The lowest BCUT2D eigenvalue weighted by Gasteiger charge is -2.07. The molecule has 0 atom stereocenters. The highest BCUT2D eigenvalue weighted by Crippen LogP contribution is 2.36. The van der Waals surface area contributed by atoms with Gasteiger partial charge in [0.05, 0.1) is 10.7 Å². The number of H-pyrrole nitrogens is 1. The average Bonchev–Trinajstić information content (AvgIpc) is 3.19. The third kappa shape index (κ3) is 4.48. The number of benzene rings is 4. The van der Waals surface area contributed by atoms with E-state index in [2.05, 4.69) is 17.1 Å². The number of hydrogen-bond donors (Lipinski definition) is 1. The molecule has 0 saturated heterocycles. The largest absolute Gasteiger partial charge is 0.489 e. The molecule has 158 valence electrons. The zero-order valence-electron chi connectivity index (χ0n) is 17.4. The van der Waals surface area contributed by atoms with E-state index >= 15 is 0 Å². The highest BCUT2D eigenvalue weighted by molar-refractivity contribution is 6.38. The van der Waals surface area contributed by atoms with Crippen LogP contribution in [0.3, 0.4) is 0 Å². The predicted octanol–water partition coefficient (Wildman–Crippen LogP) is 7.65. The van der Waals surface area contributed by atoms with E-state index in [1.54, 1.807) is 0 Å². The van der Waals surface area contributed by atoms with E-state index in [0.29, 0.717) is 18.2 Å². The van der Waals surface area contributed by atoms with Gasteiger partial charge >= 0.3 is 0 Å². The maximum Gasteiger partial charge on any atom is 0.120 e. The Labute approximate surface area is 192 Å². The third-order valence-corrected chi connectivity index (χ3v) is 5.74. The van der Waals surface area contributed by atoms with Crippen molar-refractivity contribution >= 4 is 22.5 Å². The average molecular weight is 440 g/mol. The van der Waals surface area contributed by atoms with Crippen molar-refractivity contribution in [2.45, 2.75) is 13.2 Å². The molecule has 0 aliphatic carbocycles. The van der Waals surface area contributed by atoms with Gasteiger partial charge in [0, 0.05) is 10.9 Å². The number of aromatic nitrogens is 1. The molecular formula is C28H22ClNO2. The van der Waals surface area contributed by atoms with Gasteiger partial charge in [-0.05, 0) is 59.2 Å². The van der Waals surface area contributed by atoms with Crippen LogP contribution >= 0.6 is 11.6 Å². The number of fused-ring (bicyclic) bond motifs is 1. The van der Waals surface area contributed by atoms with Crippen molar-refractivity contribution < 1.29 is 9.47 Å². The van der Waals surface area contributed by atoms with Crippen molar-refractivity contribution in [3.05, 3.63) is 119 Å². The third-order valence-electron chi connectivity index (χ3n) is 5.35. The van der Waals surface area contributed by atoms with E-state index in [0.717, 1.165) is 44.8 Å². The molecule has 0 fully saturated rings. The summed E-state index contributed by atoms with van der Waals surface area (Å²) >= 11 is 6.74. The quantitative estimate of drug-likeness (QED) is 0.282. The van der Waals surface area contributed by atoms with Crippen LogP contribution in [-0.2, 0) is 13.2 Å². The molecule has 5 rings (SSSR count). The van der Waals surface area contributed by atoms with Crippen molar-refractivity contribution in [3.8, 4) is 22.8 Å². The highest BCUT2D eigenvalue weighted by atomic mass is 35.5. The Hall–Kier alpha value is -3.69. The Morgan fingerprint density at radius 3 is 1.81 bits per heavy atom. The van der Waals surface area contributed by atoms with E-state index < -0.39 is 0 Å². The maximum absolute atomic E-state index is 6.74. The van der Waals surface area contributed by atoms with Crippen molar-refractivity contribution in [3.63, 3.8) is 0 Å². The number of rotatable bonds is 7. The normalized spacial score (nSPS) is 10.9. The summed E-state index contributed by atoms with van der Waals surface area (Å²) in [5.41, 5.74) is 5.13. The van der Waals surface area contributed by atoms with Gasteiger partial charge in [0.15, 0.2) is 0 Å². The molecule has 1 N–H and O–H groups in total. The molecular weight excluding hydrogens is 418 g/mol. The van der Waals surface area contributed by atoms with Crippen LogP contribution in [0.15, 0.2) is 103 Å². The minimum absolute atomic E-state index is 0.520. The zero-order chi connectivity index (χ0) is 21.8. The molecule has 5 aromatic rings. The van der Waals surface area contributed by atoms with Gasteiger partial charge in [-0.1, -0.05) is 72.3 Å². The molecule has 4 heteroatoms. The zero-order valence-corrected chi connectivity index (χ0v) is 18.2. The maximum atomic E-state index is 6.74. The first-order valence-corrected chi connectivity index (χ1v) is 10.9. The van der Waals surface area contributed by atoms with E-state index in [1.807, 2.05) is 91.0 Å². The standard InChI is InChI=1S/C28H22ClNO2/c29-27-25-17-24(32-19-21-9-5-2-6-10-21)15-16-26(25)30-28(27)22-11-13-23(14-12-22)31-18-20-7-3-1-4-8-20/h1-17,30H,18-19H2. The molecule has 0 aliphatic rings. The van der Waals surface area contributed by atoms with Crippen LogP contribution in [0, 0.1) is 0 Å². The van der Waals surface area contributed by atoms with Crippen LogP contribution < -0.4 is 9.47 Å². The summed E-state index contributed by atoms with van der Waals surface area (Å²) in [6, 6.07) is 34.2. The van der Waals surface area contributed by atoms with Gasteiger partial charge < -0.3 is 14.5 Å². The van der Waals surface area contributed by atoms with Gasteiger partial charge in [-0.3, -0.25) is 0 Å². The van der Waals surface area contributed by atoms with Crippen molar-refractivity contribution in [1.82, 2.24) is 4.98 Å². The molecule has 1 aromatic heterocycles. The monoisotopic (exact) mass is 439 g/mol. The molecule has 3 nitrogen and oxygen atoms in total. The Morgan fingerprint density at radius 1 is 0.625 bits per heavy atom. The minimum Gasteiger partial charge on any atom is -0.489 e. The SMILES string of the molecule is Clc1c(-c2ccc(OCc3ccccc3)cc2)[nH]c2ccc(OCc3ccccc3)cc12. The molecule has 1 heterocycles. The number of hydrogen-bond acceptors (Lipinski definition) is 2. The van der Waals surface area contributed by atoms with Gasteiger partial charge in [-0.15, -0.1) is 0 Å². The fourth-order valence-corrected chi connectivity index (χ4v) is 3.94. The number of nitrogens with one attached hydrogen (secondary N) is 1. The van der Waals surface area contributed by atoms with Crippen LogP contribution in [-0.4, -0.2) is 4.98 Å². The van der Waals surface area contributed by atoms with Crippen LogP contribution in [0.5, 0.6) is 11.5 Å². The van der Waals surface area contributed by atoms with Crippen molar-refractivity contribution in [1.29, 1.82) is 0 Å². The first kappa shape index (κ1) is 20.2. The molecule has 0 bridgehead atoms. The summed E-state index contributed by atoms with van der Waals surface area (Å²) in [5, 5.41) is 1.62. The number of ether oxygens (including phenoxy) is 2. The van der Waals surface area contributed by atoms with E-state index in [9.17, 15) is 0 Å². The Bertz CT molecular complexity index is 1310. The fraction of sp³-hybridized carbons (Fsp3) is 0.0714. The predicted molar refractivity (Wildman–Crippen MR) is 130 cm³/mol. The van der Waals surface area contributed by atoms with E-state index in [-0.39, 0.29) is 0 Å². The van der Waals surface area contributed by atoms with Gasteiger partial charge in [-0.25, -0.2) is 0 Å². The number of halogens is 1. The van der Waals surface area contributed by atoms with Crippen LogP contribution in [0.4, 0.5) is 0 Å². The van der Waals surface area contributed by atoms with Gasteiger partial charge in [0.1, 0.15) is 24.7 Å². The highest BCUT2D eigenvalue weighted by Gasteiger charge is 2.13. The second-order valence-electron chi connectivity index (χ2n) is 7.59. The Balaban J connectivity index is 1.32. The molecule has 0 aliphatic heterocycles. The molecule has 0 saturated carbocycles. The van der Waals surface area contributed by atoms with Gasteiger partial charge in [0.25, 0.3) is 0 Å². The lowest BCUT2D eigenvalue weighted by molar-refractivity contribution is 0.306. The van der Waals surface area contributed by atoms with Crippen LogP contribution in [0.1, 0.15) is 11.1 Å². The summed E-state index contributed by atoms with van der Waals surface area (Å²) in [6.07, 6.45) is 0. The molecule has 0 spiro atoms. The van der Waals surface area contributed by atoms with E-state index in [1.165, 1.54) is 0 Å². The van der Waals surface area contributed by atoms with Gasteiger partial charge in [0.2, 0.25) is 0 Å². The summed E-state index contributed by atoms with van der Waals surface area (Å²) in [4.78, 5) is 3.43. The summed E-state index contributed by atoms with van der Waals surface area (Å²) in [5.74, 6) is 1.61. The topological polar surface area (TPSA) is 34.2 Å². The van der Waals surface area contributed by atoms with Crippen LogP contribution in [0.25, 0.3) is 22.2 Å². The summed E-state index contributed by atoms with van der Waals surface area (Å²) < 4.78 is 11.9. The summed E-state index contributed by atoms with van der Waals surface area (Å²) in [6.45, 7) is 1.06. The van der Waals surface area contributed by atoms with Gasteiger partial charge in [-0.2, -0.15) is 0 Å². The van der Waals surface area contributed by atoms with E-state index in [4.69, 9.17) is 21.1 Å². The molecule has 32 heavy (non-hydrogen) atoms. The smallest absolute Gasteiger partial charge is 0.120 e. The molecule has 4 aromatic carbocycles. The van der Waals surface area contributed by atoms with Crippen molar-refractivity contribution in [2.24, 2.45) is 0 Å². The summed E-state index contributed by atoms with van der Waals surface area (Å²) in [7, 11) is 0. The second kappa shape index (κ2) is 9.21. The number of aromatic amines is 1. The Kier molecular flexibility index (Phi) is 5.82. The first-order valence-electron chi connectivity index (χ1n) is 10.5. The second-order valence-corrected chi connectivity index (χ2v) is 7.97. The molecule has 0 unspecified atom stereocenters. The first-order chi connectivity index (χ1) is 15.8. The lowest BCUT2D eigenvalue weighted by Crippen LogP contribution is -1.94. The fourth-order valence-electron chi connectivity index (χ4n) is 3.63. The van der Waals surface area contributed by atoms with Crippen LogP contribution in [0.2, 0.25) is 5.02 Å². The minimum atomic E-state index is 0.520. The lowest BCUT2D eigenvalue weighted by atomic mass is 10.1. The molecule has 0 radical (unpaired) electrons. The van der Waals surface area contributed by atoms with Crippen molar-refractivity contribution in [2.75, 3.05) is 0 Å². The molecule has 0 amide bonds.